The summed E-state index contributed by atoms with van der Waals surface area (Å²) < 4.78 is 13.0. The van der Waals surface area contributed by atoms with Crippen LogP contribution in [0, 0.1) is 5.82 Å². The molecule has 0 bridgehead atoms. The van der Waals surface area contributed by atoms with Gasteiger partial charge in [-0.1, -0.05) is 56.7 Å². The van der Waals surface area contributed by atoms with E-state index in [1.807, 2.05) is 12.1 Å². The van der Waals surface area contributed by atoms with Gasteiger partial charge in [0.25, 0.3) is 0 Å². The summed E-state index contributed by atoms with van der Waals surface area (Å²) in [6.45, 7) is 4.36. The quantitative estimate of drug-likeness (QED) is 0.679. The molecule has 0 amide bonds. The van der Waals surface area contributed by atoms with Gasteiger partial charge in [-0.25, -0.2) is 4.39 Å². The number of halogens is 1. The Labute approximate surface area is 115 Å². The highest BCUT2D eigenvalue weighted by atomic mass is 19.1. The molecule has 0 aliphatic heterocycles. The van der Waals surface area contributed by atoms with E-state index in [1.165, 1.54) is 16.7 Å². The van der Waals surface area contributed by atoms with Gasteiger partial charge < -0.3 is 0 Å². The average molecular weight is 256 g/mol. The lowest BCUT2D eigenvalue weighted by Gasteiger charge is -2.17. The van der Waals surface area contributed by atoms with Gasteiger partial charge in [0.2, 0.25) is 0 Å². The van der Waals surface area contributed by atoms with Crippen molar-refractivity contribution in [1.29, 1.82) is 0 Å². The average Bonchev–Trinajstić information content (AvgIpc) is 2.46. The van der Waals surface area contributed by atoms with Gasteiger partial charge in [0, 0.05) is 5.92 Å². The third-order valence-corrected chi connectivity index (χ3v) is 3.64. The lowest BCUT2D eigenvalue weighted by Crippen LogP contribution is -2.01. The summed E-state index contributed by atoms with van der Waals surface area (Å²) in [6.07, 6.45) is 3.28. The van der Waals surface area contributed by atoms with E-state index < -0.39 is 0 Å². The molecule has 0 radical (unpaired) electrons. The fraction of sp³-hybridized carbons (Fsp3) is 0.333. The highest BCUT2D eigenvalue weighted by molar-refractivity contribution is 5.34. The van der Waals surface area contributed by atoms with Crippen molar-refractivity contribution in [1.82, 2.24) is 0 Å². The maximum atomic E-state index is 13.0. The molecule has 0 saturated carbocycles. The van der Waals surface area contributed by atoms with Gasteiger partial charge in [-0.15, -0.1) is 0 Å². The summed E-state index contributed by atoms with van der Waals surface area (Å²) in [5.74, 6) is 0.205. The van der Waals surface area contributed by atoms with E-state index in [2.05, 4.69) is 38.1 Å². The summed E-state index contributed by atoms with van der Waals surface area (Å²) in [5, 5.41) is 0. The van der Waals surface area contributed by atoms with Gasteiger partial charge in [0.1, 0.15) is 5.82 Å². The first-order valence-electron chi connectivity index (χ1n) is 7.09. The predicted molar refractivity (Wildman–Crippen MR) is 79.0 cm³/mol. The Morgan fingerprint density at radius 1 is 0.842 bits per heavy atom. The molecule has 0 aliphatic rings. The summed E-state index contributed by atoms with van der Waals surface area (Å²) in [4.78, 5) is 0. The maximum absolute atomic E-state index is 13.0. The molecule has 0 N–H and O–H groups in total. The topological polar surface area (TPSA) is 0 Å². The van der Waals surface area contributed by atoms with Crippen LogP contribution in [-0.2, 0) is 6.42 Å². The largest absolute Gasteiger partial charge is 0.207 e. The fourth-order valence-corrected chi connectivity index (χ4v) is 2.50. The second-order valence-corrected chi connectivity index (χ2v) is 4.99. The van der Waals surface area contributed by atoms with Gasteiger partial charge in [0.05, 0.1) is 0 Å². The number of hydrogen-bond donors (Lipinski definition) is 0. The molecule has 0 aliphatic carbocycles. The minimum absolute atomic E-state index is 0.166. The van der Waals surface area contributed by atoms with Crippen molar-refractivity contribution >= 4 is 0 Å². The Bertz CT molecular complexity index is 496. The van der Waals surface area contributed by atoms with Gasteiger partial charge in [-0.2, -0.15) is 0 Å². The third kappa shape index (κ3) is 3.44. The van der Waals surface area contributed by atoms with Crippen molar-refractivity contribution in [3.8, 4) is 0 Å². The molecule has 0 saturated heterocycles. The smallest absolute Gasteiger partial charge is 0.123 e. The molecule has 2 aromatic rings. The SMILES string of the molecule is CCCC(c1ccc(F)cc1)c1ccc(CC)cc1. The van der Waals surface area contributed by atoms with Crippen LogP contribution in [0.15, 0.2) is 48.5 Å². The number of rotatable bonds is 5. The van der Waals surface area contributed by atoms with E-state index in [4.69, 9.17) is 0 Å². The molecule has 0 aromatic heterocycles. The molecular weight excluding hydrogens is 235 g/mol. The van der Waals surface area contributed by atoms with Crippen molar-refractivity contribution in [3.05, 3.63) is 71.0 Å². The second-order valence-electron chi connectivity index (χ2n) is 4.99. The third-order valence-electron chi connectivity index (χ3n) is 3.64. The van der Waals surface area contributed by atoms with Crippen LogP contribution in [-0.4, -0.2) is 0 Å². The number of hydrogen-bond acceptors (Lipinski definition) is 0. The van der Waals surface area contributed by atoms with E-state index in [-0.39, 0.29) is 5.82 Å². The van der Waals surface area contributed by atoms with Crippen LogP contribution in [0.4, 0.5) is 4.39 Å². The zero-order chi connectivity index (χ0) is 13.7. The molecule has 0 fully saturated rings. The Hall–Kier alpha value is -1.63. The molecule has 0 nitrogen and oxygen atoms in total. The molecule has 1 atom stereocenters. The zero-order valence-electron chi connectivity index (χ0n) is 11.7. The van der Waals surface area contributed by atoms with E-state index in [0.29, 0.717) is 5.92 Å². The Kier molecular flexibility index (Phi) is 4.73. The van der Waals surface area contributed by atoms with E-state index in [1.54, 1.807) is 12.1 Å². The summed E-state index contributed by atoms with van der Waals surface area (Å²) >= 11 is 0. The van der Waals surface area contributed by atoms with Crippen LogP contribution in [0.2, 0.25) is 0 Å². The second kappa shape index (κ2) is 6.51. The van der Waals surface area contributed by atoms with Crippen molar-refractivity contribution in [3.63, 3.8) is 0 Å². The van der Waals surface area contributed by atoms with Crippen molar-refractivity contribution < 1.29 is 4.39 Å². The molecule has 100 valence electrons. The van der Waals surface area contributed by atoms with E-state index in [9.17, 15) is 4.39 Å². The van der Waals surface area contributed by atoms with Gasteiger partial charge in [-0.3, -0.25) is 0 Å². The van der Waals surface area contributed by atoms with Crippen LogP contribution < -0.4 is 0 Å². The first-order chi connectivity index (χ1) is 9.24. The minimum atomic E-state index is -0.166. The van der Waals surface area contributed by atoms with Gasteiger partial charge >= 0.3 is 0 Å². The molecular formula is C18H21F. The van der Waals surface area contributed by atoms with Crippen molar-refractivity contribution in [2.75, 3.05) is 0 Å². The fourth-order valence-electron chi connectivity index (χ4n) is 2.50. The van der Waals surface area contributed by atoms with Gasteiger partial charge in [0.15, 0.2) is 0 Å². The Morgan fingerprint density at radius 2 is 1.37 bits per heavy atom. The minimum Gasteiger partial charge on any atom is -0.207 e. The van der Waals surface area contributed by atoms with Crippen LogP contribution >= 0.6 is 0 Å². The normalized spacial score (nSPS) is 12.4. The van der Waals surface area contributed by atoms with Crippen LogP contribution in [0.5, 0.6) is 0 Å². The zero-order valence-corrected chi connectivity index (χ0v) is 11.7. The summed E-state index contributed by atoms with van der Waals surface area (Å²) in [7, 11) is 0. The van der Waals surface area contributed by atoms with Crippen LogP contribution in [0.1, 0.15) is 49.3 Å². The maximum Gasteiger partial charge on any atom is 0.123 e. The molecule has 1 unspecified atom stereocenters. The molecule has 2 aromatic carbocycles. The van der Waals surface area contributed by atoms with E-state index in [0.717, 1.165) is 19.3 Å². The summed E-state index contributed by atoms with van der Waals surface area (Å²) in [5.41, 5.74) is 3.89. The van der Waals surface area contributed by atoms with E-state index >= 15 is 0 Å². The lowest BCUT2D eigenvalue weighted by molar-refractivity contribution is 0.624. The van der Waals surface area contributed by atoms with Crippen LogP contribution in [0.3, 0.4) is 0 Å². The monoisotopic (exact) mass is 256 g/mol. The van der Waals surface area contributed by atoms with Crippen molar-refractivity contribution in [2.45, 2.75) is 39.0 Å². The number of benzene rings is 2. The predicted octanol–water partition coefficient (Wildman–Crippen LogP) is 5.32. The molecule has 2 rings (SSSR count). The highest BCUT2D eigenvalue weighted by Crippen LogP contribution is 2.29. The molecule has 1 heteroatoms. The molecule has 0 heterocycles. The standard InChI is InChI=1S/C18H21F/c1-3-5-18(16-10-12-17(19)13-11-16)15-8-6-14(4-2)7-9-15/h6-13,18H,3-5H2,1-2H3. The highest BCUT2D eigenvalue weighted by Gasteiger charge is 2.13. The summed E-state index contributed by atoms with van der Waals surface area (Å²) in [6, 6.07) is 15.7. The van der Waals surface area contributed by atoms with Crippen LogP contribution in [0.25, 0.3) is 0 Å². The van der Waals surface area contributed by atoms with Crippen molar-refractivity contribution in [2.24, 2.45) is 0 Å². The lowest BCUT2D eigenvalue weighted by atomic mass is 9.87. The Morgan fingerprint density at radius 3 is 1.84 bits per heavy atom. The van der Waals surface area contributed by atoms with Gasteiger partial charge in [-0.05, 0) is 41.7 Å². The first kappa shape index (κ1) is 13.8. The Balaban J connectivity index is 2.30. The first-order valence-corrected chi connectivity index (χ1v) is 7.09. The number of aryl methyl sites for hydroxylation is 1. The molecule has 0 spiro atoms. The molecule has 19 heavy (non-hydrogen) atoms.